The normalized spacial score (nSPS) is 18.4. The topological polar surface area (TPSA) is 56.0 Å². The highest BCUT2D eigenvalue weighted by Gasteiger charge is 2.27. The van der Waals surface area contributed by atoms with Crippen molar-refractivity contribution < 1.29 is 9.50 Å². The van der Waals surface area contributed by atoms with Crippen LogP contribution in [-0.4, -0.2) is 17.3 Å². The minimum atomic E-state index is -0.683. The first-order chi connectivity index (χ1) is 9.13. The number of hydrogen-bond acceptors (Lipinski definition) is 3. The minimum Gasteiger partial charge on any atom is -0.388 e. The molecule has 102 valence electrons. The summed E-state index contributed by atoms with van der Waals surface area (Å²) in [5, 5.41) is 22.4. The van der Waals surface area contributed by atoms with Gasteiger partial charge in [0.15, 0.2) is 0 Å². The maximum Gasteiger partial charge on any atom is 0.141 e. The van der Waals surface area contributed by atoms with E-state index in [9.17, 15) is 9.50 Å². The van der Waals surface area contributed by atoms with Crippen molar-refractivity contribution in [1.29, 1.82) is 5.26 Å². The average Bonchev–Trinajstić information content (AvgIpc) is 2.63. The molecule has 0 aromatic heterocycles. The Morgan fingerprint density at radius 1 is 1.26 bits per heavy atom. The van der Waals surface area contributed by atoms with E-state index in [1.807, 2.05) is 6.07 Å². The van der Waals surface area contributed by atoms with Crippen LogP contribution in [0.25, 0.3) is 0 Å². The fourth-order valence-electron chi connectivity index (χ4n) is 2.55. The molecule has 1 aromatic rings. The van der Waals surface area contributed by atoms with Gasteiger partial charge < -0.3 is 10.4 Å². The molecule has 1 saturated carbocycles. The van der Waals surface area contributed by atoms with Gasteiger partial charge in [-0.25, -0.2) is 4.39 Å². The van der Waals surface area contributed by atoms with E-state index in [4.69, 9.17) is 5.26 Å². The monoisotopic (exact) mass is 262 g/mol. The quantitative estimate of drug-likeness (QED) is 0.822. The first-order valence-electron chi connectivity index (χ1n) is 6.79. The van der Waals surface area contributed by atoms with Gasteiger partial charge >= 0.3 is 0 Å². The molecule has 0 radical (unpaired) electrons. The summed E-state index contributed by atoms with van der Waals surface area (Å²) in [7, 11) is 0. The summed E-state index contributed by atoms with van der Waals surface area (Å²) in [4.78, 5) is 0. The molecule has 1 aliphatic carbocycles. The Labute approximate surface area is 113 Å². The molecule has 1 fully saturated rings. The van der Waals surface area contributed by atoms with Crippen molar-refractivity contribution in [3.8, 4) is 6.07 Å². The van der Waals surface area contributed by atoms with Gasteiger partial charge in [-0.3, -0.25) is 0 Å². The Balaban J connectivity index is 2.00. The number of aliphatic hydroxyl groups is 1. The molecular weight excluding hydrogens is 243 g/mol. The van der Waals surface area contributed by atoms with E-state index in [0.717, 1.165) is 25.7 Å². The molecule has 0 amide bonds. The summed E-state index contributed by atoms with van der Waals surface area (Å²) in [5.74, 6) is -0.513. The zero-order valence-corrected chi connectivity index (χ0v) is 11.0. The molecule has 0 bridgehead atoms. The second kappa shape index (κ2) is 6.03. The summed E-state index contributed by atoms with van der Waals surface area (Å²) in [6, 6.07) is 6.17. The fraction of sp³-hybridized carbons (Fsp3) is 0.533. The molecule has 1 aromatic carbocycles. The van der Waals surface area contributed by atoms with Crippen LogP contribution in [0.3, 0.4) is 0 Å². The number of hydrogen-bond donors (Lipinski definition) is 2. The molecular formula is C15H19FN2O. The highest BCUT2D eigenvalue weighted by Crippen LogP contribution is 2.27. The maximum absolute atomic E-state index is 13.2. The minimum absolute atomic E-state index is 0.0258. The number of halogens is 1. The molecule has 0 spiro atoms. The Kier molecular flexibility index (Phi) is 4.39. The highest BCUT2D eigenvalue weighted by atomic mass is 19.1. The first kappa shape index (κ1) is 13.8. The largest absolute Gasteiger partial charge is 0.388 e. The molecule has 4 heteroatoms. The smallest absolute Gasteiger partial charge is 0.141 e. The maximum atomic E-state index is 13.2. The molecule has 0 unspecified atom stereocenters. The lowest BCUT2D eigenvalue weighted by Gasteiger charge is -2.27. The lowest BCUT2D eigenvalue weighted by Crippen LogP contribution is -2.36. The van der Waals surface area contributed by atoms with Crippen molar-refractivity contribution in [2.24, 2.45) is 0 Å². The molecule has 0 saturated heterocycles. The van der Waals surface area contributed by atoms with Crippen molar-refractivity contribution in [3.05, 3.63) is 29.6 Å². The van der Waals surface area contributed by atoms with Crippen LogP contribution < -0.4 is 5.32 Å². The van der Waals surface area contributed by atoms with Crippen LogP contribution >= 0.6 is 0 Å². The summed E-state index contributed by atoms with van der Waals surface area (Å²) >= 11 is 0. The summed E-state index contributed by atoms with van der Waals surface area (Å²) in [6.07, 6.45) is 6.05. The van der Waals surface area contributed by atoms with E-state index in [0.29, 0.717) is 12.2 Å². The molecule has 19 heavy (non-hydrogen) atoms. The number of nitriles is 1. The van der Waals surface area contributed by atoms with Crippen LogP contribution in [0.4, 0.5) is 10.1 Å². The van der Waals surface area contributed by atoms with Crippen molar-refractivity contribution in [1.82, 2.24) is 0 Å². The first-order valence-corrected chi connectivity index (χ1v) is 6.79. The van der Waals surface area contributed by atoms with E-state index >= 15 is 0 Å². The van der Waals surface area contributed by atoms with Gasteiger partial charge in [-0.2, -0.15) is 5.26 Å². The predicted octanol–water partition coefficient (Wildman–Crippen LogP) is 3.19. The number of benzene rings is 1. The molecule has 1 aliphatic rings. The van der Waals surface area contributed by atoms with Crippen LogP contribution in [-0.2, 0) is 0 Å². The summed E-state index contributed by atoms with van der Waals surface area (Å²) in [6.45, 7) is 0.448. The van der Waals surface area contributed by atoms with Gasteiger partial charge in [-0.05, 0) is 31.0 Å². The van der Waals surface area contributed by atoms with E-state index in [1.54, 1.807) is 6.07 Å². The van der Waals surface area contributed by atoms with Gasteiger partial charge in [-0.15, -0.1) is 0 Å². The Hall–Kier alpha value is -1.60. The van der Waals surface area contributed by atoms with Gasteiger partial charge in [0.1, 0.15) is 11.9 Å². The second-order valence-corrected chi connectivity index (χ2v) is 5.30. The Bertz CT molecular complexity index is 474. The van der Waals surface area contributed by atoms with Gasteiger partial charge in [0.2, 0.25) is 0 Å². The standard InChI is InChI=1S/C15H19FN2O/c16-14-6-5-13(9-12(14)10-17)18-11-15(19)7-3-1-2-4-8-15/h5-6,9,18-19H,1-4,7-8,11H2. The fourth-order valence-corrected chi connectivity index (χ4v) is 2.55. The average molecular weight is 262 g/mol. The second-order valence-electron chi connectivity index (χ2n) is 5.30. The van der Waals surface area contributed by atoms with Crippen molar-refractivity contribution >= 4 is 5.69 Å². The van der Waals surface area contributed by atoms with Gasteiger partial charge in [0, 0.05) is 12.2 Å². The van der Waals surface area contributed by atoms with E-state index in [2.05, 4.69) is 5.32 Å². The van der Waals surface area contributed by atoms with Gasteiger partial charge in [0.05, 0.1) is 11.2 Å². The number of rotatable bonds is 3. The lowest BCUT2D eigenvalue weighted by atomic mass is 9.94. The third kappa shape index (κ3) is 3.68. The highest BCUT2D eigenvalue weighted by molar-refractivity contribution is 5.50. The van der Waals surface area contributed by atoms with Crippen LogP contribution in [0.1, 0.15) is 44.1 Å². The zero-order valence-electron chi connectivity index (χ0n) is 11.0. The van der Waals surface area contributed by atoms with Crippen LogP contribution in [0.2, 0.25) is 0 Å². The number of nitrogens with zero attached hydrogens (tertiary/aromatic N) is 1. The Morgan fingerprint density at radius 2 is 1.95 bits per heavy atom. The van der Waals surface area contributed by atoms with E-state index < -0.39 is 11.4 Å². The van der Waals surface area contributed by atoms with E-state index in [-0.39, 0.29) is 5.56 Å². The Morgan fingerprint density at radius 3 is 2.58 bits per heavy atom. The lowest BCUT2D eigenvalue weighted by molar-refractivity contribution is 0.0381. The molecule has 3 nitrogen and oxygen atoms in total. The molecule has 0 atom stereocenters. The summed E-state index contributed by atoms with van der Waals surface area (Å²) in [5.41, 5.74) is 0.0194. The van der Waals surface area contributed by atoms with E-state index in [1.165, 1.54) is 25.0 Å². The third-order valence-electron chi connectivity index (χ3n) is 3.74. The van der Waals surface area contributed by atoms with Crippen LogP contribution in [0, 0.1) is 17.1 Å². The van der Waals surface area contributed by atoms with Crippen LogP contribution in [0.5, 0.6) is 0 Å². The molecule has 2 N–H and O–H groups in total. The predicted molar refractivity (Wildman–Crippen MR) is 72.3 cm³/mol. The molecule has 2 rings (SSSR count). The number of nitrogens with one attached hydrogen (secondary N) is 1. The SMILES string of the molecule is N#Cc1cc(NCC2(O)CCCCCC2)ccc1F. The van der Waals surface area contributed by atoms with Crippen molar-refractivity contribution in [2.45, 2.75) is 44.1 Å². The van der Waals surface area contributed by atoms with Crippen molar-refractivity contribution in [2.75, 3.05) is 11.9 Å². The van der Waals surface area contributed by atoms with Crippen LogP contribution in [0.15, 0.2) is 18.2 Å². The molecule has 0 aliphatic heterocycles. The van der Waals surface area contributed by atoms with Gasteiger partial charge in [0.25, 0.3) is 0 Å². The van der Waals surface area contributed by atoms with Crippen molar-refractivity contribution in [3.63, 3.8) is 0 Å². The van der Waals surface area contributed by atoms with Gasteiger partial charge in [-0.1, -0.05) is 25.7 Å². The summed E-state index contributed by atoms with van der Waals surface area (Å²) < 4.78 is 13.2. The zero-order chi connectivity index (χ0) is 13.7. The molecule has 0 heterocycles. The third-order valence-corrected chi connectivity index (χ3v) is 3.74. The number of anilines is 1.